The zero-order valence-corrected chi connectivity index (χ0v) is 10.4. The Kier molecular flexibility index (Phi) is 4.15. The molecule has 0 amide bonds. The maximum atomic E-state index is 5.88. The number of halogens is 1. The molecule has 0 aliphatic carbocycles. The Bertz CT molecular complexity index is 370. The van der Waals surface area contributed by atoms with Gasteiger partial charge in [0.15, 0.2) is 0 Å². The van der Waals surface area contributed by atoms with Gasteiger partial charge in [-0.1, -0.05) is 11.6 Å². The van der Waals surface area contributed by atoms with E-state index in [0.717, 1.165) is 22.1 Å². The highest BCUT2D eigenvalue weighted by Gasteiger charge is 2.00. The number of aliphatic imine (C=N–C) groups is 1. The van der Waals surface area contributed by atoms with Crippen LogP contribution in [0.1, 0.15) is 26.3 Å². The molecule has 0 saturated carbocycles. The first-order valence-corrected chi connectivity index (χ1v) is 5.44. The summed E-state index contributed by atoms with van der Waals surface area (Å²) in [6, 6.07) is 6.09. The van der Waals surface area contributed by atoms with Gasteiger partial charge in [0.1, 0.15) is 0 Å². The third-order valence-electron chi connectivity index (χ3n) is 1.96. The molecular weight excluding hydrogens is 208 g/mol. The van der Waals surface area contributed by atoms with Crippen molar-refractivity contribution in [1.29, 1.82) is 0 Å². The summed E-state index contributed by atoms with van der Waals surface area (Å²) in [5, 5.41) is 4.02. The minimum absolute atomic E-state index is 0.310. The number of hydrogen-bond acceptors (Lipinski definition) is 1. The lowest BCUT2D eigenvalue weighted by atomic mass is 10.2. The van der Waals surface area contributed by atoms with E-state index in [4.69, 9.17) is 11.6 Å². The van der Waals surface area contributed by atoms with Gasteiger partial charge >= 0.3 is 0 Å². The Morgan fingerprint density at radius 3 is 2.60 bits per heavy atom. The molecule has 0 spiro atoms. The monoisotopic (exact) mass is 224 g/mol. The fourth-order valence-corrected chi connectivity index (χ4v) is 1.61. The molecule has 0 radical (unpaired) electrons. The van der Waals surface area contributed by atoms with Gasteiger partial charge in [0.25, 0.3) is 0 Å². The number of nitrogens with one attached hydrogen (secondary N) is 1. The quantitative estimate of drug-likeness (QED) is 0.598. The molecule has 1 aromatic rings. The first-order chi connectivity index (χ1) is 6.99. The van der Waals surface area contributed by atoms with Crippen LogP contribution in [0, 0.1) is 6.92 Å². The predicted octanol–water partition coefficient (Wildman–Crippen LogP) is 3.89. The van der Waals surface area contributed by atoms with Crippen LogP contribution >= 0.6 is 11.6 Å². The summed E-state index contributed by atoms with van der Waals surface area (Å²) < 4.78 is 0. The summed E-state index contributed by atoms with van der Waals surface area (Å²) in [6.45, 7) is 8.10. The lowest BCUT2D eigenvalue weighted by Crippen LogP contribution is -2.10. The van der Waals surface area contributed by atoms with Crippen molar-refractivity contribution in [2.24, 2.45) is 4.99 Å². The summed E-state index contributed by atoms with van der Waals surface area (Å²) >= 11 is 5.88. The SMILES string of the molecule is CC(=NC(C)C)Nc1ccc(Cl)cc1C. The van der Waals surface area contributed by atoms with E-state index in [0.29, 0.717) is 6.04 Å². The maximum Gasteiger partial charge on any atom is 0.0978 e. The number of aryl methyl sites for hydroxylation is 1. The van der Waals surface area contributed by atoms with Crippen LogP contribution in [0.15, 0.2) is 23.2 Å². The number of amidine groups is 1. The molecule has 0 heterocycles. The van der Waals surface area contributed by atoms with Gasteiger partial charge < -0.3 is 5.32 Å². The van der Waals surface area contributed by atoms with E-state index < -0.39 is 0 Å². The lowest BCUT2D eigenvalue weighted by molar-refractivity contribution is 0.834. The smallest absolute Gasteiger partial charge is 0.0978 e. The van der Waals surface area contributed by atoms with Crippen molar-refractivity contribution in [3.63, 3.8) is 0 Å². The minimum atomic E-state index is 0.310. The fourth-order valence-electron chi connectivity index (χ4n) is 1.38. The van der Waals surface area contributed by atoms with Crippen LogP contribution in [0.25, 0.3) is 0 Å². The lowest BCUT2D eigenvalue weighted by Gasteiger charge is -2.10. The van der Waals surface area contributed by atoms with Crippen LogP contribution in [0.3, 0.4) is 0 Å². The first kappa shape index (κ1) is 12.1. The van der Waals surface area contributed by atoms with Crippen LogP contribution in [-0.2, 0) is 0 Å². The molecule has 1 aromatic carbocycles. The average molecular weight is 225 g/mol. The maximum absolute atomic E-state index is 5.88. The summed E-state index contributed by atoms with van der Waals surface area (Å²) in [4.78, 5) is 4.41. The van der Waals surface area contributed by atoms with Crippen molar-refractivity contribution in [3.05, 3.63) is 28.8 Å². The molecule has 0 aromatic heterocycles. The zero-order chi connectivity index (χ0) is 11.4. The first-order valence-electron chi connectivity index (χ1n) is 5.06. The normalized spacial score (nSPS) is 12.0. The molecule has 0 bridgehead atoms. The second-order valence-corrected chi connectivity index (χ2v) is 4.33. The molecule has 0 unspecified atom stereocenters. The van der Waals surface area contributed by atoms with Crippen LogP contribution in [0.2, 0.25) is 5.02 Å². The van der Waals surface area contributed by atoms with Gasteiger partial charge in [-0.2, -0.15) is 0 Å². The molecule has 2 nitrogen and oxygen atoms in total. The number of anilines is 1. The van der Waals surface area contributed by atoms with E-state index in [1.54, 1.807) is 0 Å². The number of benzene rings is 1. The van der Waals surface area contributed by atoms with E-state index in [1.807, 2.05) is 32.0 Å². The third kappa shape index (κ3) is 3.92. The Morgan fingerprint density at radius 1 is 1.40 bits per heavy atom. The van der Waals surface area contributed by atoms with Crippen molar-refractivity contribution < 1.29 is 0 Å². The zero-order valence-electron chi connectivity index (χ0n) is 9.63. The van der Waals surface area contributed by atoms with Gasteiger partial charge in [-0.25, -0.2) is 0 Å². The van der Waals surface area contributed by atoms with Gasteiger partial charge in [0.05, 0.1) is 5.84 Å². The largest absolute Gasteiger partial charge is 0.344 e. The number of nitrogens with zero attached hydrogens (tertiary/aromatic N) is 1. The molecule has 0 saturated heterocycles. The molecule has 82 valence electrons. The third-order valence-corrected chi connectivity index (χ3v) is 2.19. The van der Waals surface area contributed by atoms with Gasteiger partial charge in [0, 0.05) is 16.8 Å². The summed E-state index contributed by atoms with van der Waals surface area (Å²) in [6.07, 6.45) is 0. The molecule has 0 aliphatic heterocycles. The molecule has 15 heavy (non-hydrogen) atoms. The van der Waals surface area contributed by atoms with Gasteiger partial charge in [-0.3, -0.25) is 4.99 Å². The molecule has 0 aliphatic rings. The van der Waals surface area contributed by atoms with E-state index in [1.165, 1.54) is 0 Å². The number of rotatable bonds is 2. The Labute approximate surface area is 96.4 Å². The van der Waals surface area contributed by atoms with Crippen LogP contribution in [0.5, 0.6) is 0 Å². The van der Waals surface area contributed by atoms with E-state index >= 15 is 0 Å². The molecule has 0 fully saturated rings. The number of hydrogen-bond donors (Lipinski definition) is 1. The highest BCUT2D eigenvalue weighted by molar-refractivity contribution is 6.30. The molecule has 0 atom stereocenters. The summed E-state index contributed by atoms with van der Waals surface area (Å²) in [5.41, 5.74) is 2.18. The highest BCUT2D eigenvalue weighted by atomic mass is 35.5. The van der Waals surface area contributed by atoms with E-state index in [2.05, 4.69) is 24.2 Å². The second-order valence-electron chi connectivity index (χ2n) is 3.89. The standard InChI is InChI=1S/C12H17ClN2/c1-8(2)14-10(4)15-12-6-5-11(13)7-9(12)3/h5-8H,1-4H3,(H,14,15). The van der Waals surface area contributed by atoms with Crippen molar-refractivity contribution >= 4 is 23.1 Å². The van der Waals surface area contributed by atoms with Crippen molar-refractivity contribution in [2.45, 2.75) is 33.7 Å². The van der Waals surface area contributed by atoms with Crippen LogP contribution in [0.4, 0.5) is 5.69 Å². The fraction of sp³-hybridized carbons (Fsp3) is 0.417. The molecule has 3 heteroatoms. The topological polar surface area (TPSA) is 24.4 Å². The highest BCUT2D eigenvalue weighted by Crippen LogP contribution is 2.19. The molecule has 1 N–H and O–H groups in total. The van der Waals surface area contributed by atoms with E-state index in [-0.39, 0.29) is 0 Å². The van der Waals surface area contributed by atoms with Crippen molar-refractivity contribution in [3.8, 4) is 0 Å². The minimum Gasteiger partial charge on any atom is -0.344 e. The van der Waals surface area contributed by atoms with Crippen molar-refractivity contribution in [1.82, 2.24) is 0 Å². The Balaban J connectivity index is 2.81. The Morgan fingerprint density at radius 2 is 2.07 bits per heavy atom. The molecular formula is C12H17ClN2. The molecule has 1 rings (SSSR count). The second kappa shape index (κ2) is 5.17. The van der Waals surface area contributed by atoms with Gasteiger partial charge in [-0.05, 0) is 51.5 Å². The summed E-state index contributed by atoms with van der Waals surface area (Å²) in [5.74, 6) is 0.926. The predicted molar refractivity (Wildman–Crippen MR) is 68.1 cm³/mol. The van der Waals surface area contributed by atoms with Crippen LogP contribution in [-0.4, -0.2) is 11.9 Å². The van der Waals surface area contributed by atoms with E-state index in [9.17, 15) is 0 Å². The van der Waals surface area contributed by atoms with Crippen molar-refractivity contribution in [2.75, 3.05) is 5.32 Å². The Hall–Kier alpha value is -1.02. The summed E-state index contributed by atoms with van der Waals surface area (Å²) in [7, 11) is 0. The average Bonchev–Trinajstić information content (AvgIpc) is 2.08. The van der Waals surface area contributed by atoms with Gasteiger partial charge in [-0.15, -0.1) is 0 Å². The van der Waals surface area contributed by atoms with Gasteiger partial charge in [0.2, 0.25) is 0 Å². The van der Waals surface area contributed by atoms with Crippen LogP contribution < -0.4 is 5.32 Å².